The lowest BCUT2D eigenvalue weighted by molar-refractivity contribution is 0.360. The number of hydrogen-bond acceptors (Lipinski definition) is 1. The Kier molecular flexibility index (Phi) is 3.94. The lowest BCUT2D eigenvalue weighted by Crippen LogP contribution is -2.11. The van der Waals surface area contributed by atoms with E-state index in [1.807, 2.05) is 0 Å². The summed E-state index contributed by atoms with van der Waals surface area (Å²) < 4.78 is 1.52. The minimum atomic E-state index is -0.0685. The fraction of sp³-hybridized carbons (Fsp3) is 1.00. The molecule has 9 heavy (non-hydrogen) atoms. The van der Waals surface area contributed by atoms with Crippen LogP contribution >= 0.6 is 0 Å². The summed E-state index contributed by atoms with van der Waals surface area (Å²) in [6, 6.07) is 0. The molecular formula is C7H14MgO. The molecule has 1 aliphatic rings. The highest BCUT2D eigenvalue weighted by Gasteiger charge is 2.14. The first-order valence-corrected chi connectivity index (χ1v) is 5.86. The maximum Gasteiger partial charge on any atom is 0.408 e. The molecule has 1 fully saturated rings. The van der Waals surface area contributed by atoms with Gasteiger partial charge in [0.25, 0.3) is 0 Å². The molecule has 0 aromatic carbocycles. The van der Waals surface area contributed by atoms with E-state index < -0.39 is 0 Å². The molecule has 0 saturated heterocycles. The molecule has 0 atom stereocenters. The van der Waals surface area contributed by atoms with Crippen LogP contribution in [0, 0.1) is 0 Å². The van der Waals surface area contributed by atoms with E-state index in [2.05, 4.69) is 0 Å². The van der Waals surface area contributed by atoms with E-state index in [1.54, 1.807) is 0 Å². The average Bonchev–Trinajstić information content (AvgIpc) is 1.91. The van der Waals surface area contributed by atoms with Crippen molar-refractivity contribution in [3.63, 3.8) is 0 Å². The predicted octanol–water partition coefficient (Wildman–Crippen LogP) is 1.39. The molecule has 0 unspecified atom stereocenters. The van der Waals surface area contributed by atoms with E-state index in [4.69, 9.17) is 5.11 Å². The fourth-order valence-corrected chi connectivity index (χ4v) is 3.18. The van der Waals surface area contributed by atoms with Crippen LogP contribution in [-0.2, 0) is 0 Å². The van der Waals surface area contributed by atoms with E-state index in [9.17, 15) is 0 Å². The third-order valence-corrected chi connectivity index (χ3v) is 4.15. The van der Waals surface area contributed by atoms with Gasteiger partial charge in [0.05, 0.1) is 0 Å². The SMILES string of the molecule is O[CH2][Mg][CH]1CCCCC1. The zero-order chi connectivity index (χ0) is 6.53. The second-order valence-electron chi connectivity index (χ2n) is 3.02. The van der Waals surface area contributed by atoms with Crippen LogP contribution in [0.1, 0.15) is 32.1 Å². The van der Waals surface area contributed by atoms with Gasteiger partial charge in [-0.25, -0.2) is 0 Å². The zero-order valence-corrected chi connectivity index (χ0v) is 7.39. The standard InChI is InChI=1S/C6H11.CH3O.Mg/c1-2-4-6-5-3-1;1-2;/h1H,2-6H2;2H,1H2;. The normalized spacial score (nSPS) is 21.4. The summed E-state index contributed by atoms with van der Waals surface area (Å²) in [4.78, 5) is 0. The minimum Gasteiger partial charge on any atom is -0.424 e. The Labute approximate surface area is 66.6 Å². The maximum atomic E-state index is 8.68. The molecule has 0 aromatic rings. The van der Waals surface area contributed by atoms with Gasteiger partial charge in [0.15, 0.2) is 0 Å². The third kappa shape index (κ3) is 2.87. The largest absolute Gasteiger partial charge is 0.424 e. The Morgan fingerprint density at radius 1 is 1.22 bits per heavy atom. The van der Waals surface area contributed by atoms with Gasteiger partial charge in [-0.05, 0) is 0 Å². The number of hydrogen-bond donors (Lipinski definition) is 1. The first-order valence-electron chi connectivity index (χ1n) is 4.04. The van der Waals surface area contributed by atoms with Gasteiger partial charge in [0.2, 0.25) is 0 Å². The summed E-state index contributed by atoms with van der Waals surface area (Å²) in [5, 5.41) is 8.68. The summed E-state index contributed by atoms with van der Waals surface area (Å²) >= 11 is -0.0685. The first kappa shape index (κ1) is 7.83. The van der Waals surface area contributed by atoms with Crippen LogP contribution in [0.2, 0.25) is 4.05 Å². The van der Waals surface area contributed by atoms with Crippen molar-refractivity contribution in [2.45, 2.75) is 36.2 Å². The Balaban J connectivity index is 2.08. The monoisotopic (exact) mass is 138 g/mol. The van der Waals surface area contributed by atoms with Crippen LogP contribution in [-0.4, -0.2) is 30.2 Å². The van der Waals surface area contributed by atoms with Crippen LogP contribution < -0.4 is 0 Å². The molecule has 1 saturated carbocycles. The van der Waals surface area contributed by atoms with Gasteiger partial charge in [0, 0.05) is 0 Å². The number of aliphatic hydroxyl groups excluding tert-OH is 1. The van der Waals surface area contributed by atoms with Crippen LogP contribution in [0.15, 0.2) is 0 Å². The quantitative estimate of drug-likeness (QED) is 0.572. The van der Waals surface area contributed by atoms with E-state index in [1.165, 1.54) is 32.1 Å². The van der Waals surface area contributed by atoms with Gasteiger partial charge in [-0.1, -0.05) is 36.8 Å². The first-order chi connectivity index (χ1) is 4.43. The highest BCUT2D eigenvalue weighted by molar-refractivity contribution is 6.37. The second kappa shape index (κ2) is 4.53. The molecule has 1 nitrogen and oxygen atoms in total. The summed E-state index contributed by atoms with van der Waals surface area (Å²) in [5.74, 6) is 0. The number of aliphatic hydroxyl groups is 1. The molecule has 2 heteroatoms. The van der Waals surface area contributed by atoms with Crippen LogP contribution in [0.4, 0.5) is 0 Å². The molecule has 0 aromatic heterocycles. The van der Waals surface area contributed by atoms with Crippen molar-refractivity contribution in [3.05, 3.63) is 0 Å². The second-order valence-corrected chi connectivity index (χ2v) is 5.20. The summed E-state index contributed by atoms with van der Waals surface area (Å²) in [5.41, 5.74) is 0. The van der Waals surface area contributed by atoms with Crippen LogP contribution in [0.3, 0.4) is 0 Å². The highest BCUT2D eigenvalue weighted by Crippen LogP contribution is 2.27. The molecule has 0 heterocycles. The highest BCUT2D eigenvalue weighted by atomic mass is 24.5. The van der Waals surface area contributed by atoms with Gasteiger partial charge >= 0.3 is 20.4 Å². The Morgan fingerprint density at radius 3 is 2.44 bits per heavy atom. The van der Waals surface area contributed by atoms with Gasteiger partial charge in [0.1, 0.15) is 0 Å². The molecule has 1 rings (SSSR count). The molecule has 0 radical (unpaired) electrons. The number of rotatable bonds is 2. The summed E-state index contributed by atoms with van der Waals surface area (Å²) in [6.45, 7) is 0. The molecule has 0 amide bonds. The lowest BCUT2D eigenvalue weighted by atomic mass is 10.00. The van der Waals surface area contributed by atoms with Crippen molar-refractivity contribution in [3.8, 4) is 0 Å². The average molecular weight is 138 g/mol. The van der Waals surface area contributed by atoms with Gasteiger partial charge in [-0.3, -0.25) is 0 Å². The smallest absolute Gasteiger partial charge is 0.408 e. The van der Waals surface area contributed by atoms with Gasteiger partial charge in [-0.15, -0.1) is 4.05 Å². The molecule has 0 aliphatic heterocycles. The van der Waals surface area contributed by atoms with Crippen LogP contribution in [0.5, 0.6) is 0 Å². The van der Waals surface area contributed by atoms with Crippen molar-refractivity contribution in [2.75, 3.05) is 4.74 Å². The molecule has 0 bridgehead atoms. The van der Waals surface area contributed by atoms with Crippen molar-refractivity contribution in [1.29, 1.82) is 0 Å². The Hall–Kier alpha value is 0.726. The van der Waals surface area contributed by atoms with Crippen molar-refractivity contribution >= 4 is 20.4 Å². The zero-order valence-electron chi connectivity index (χ0n) is 5.97. The fourth-order valence-electron chi connectivity index (χ4n) is 1.66. The Morgan fingerprint density at radius 2 is 1.89 bits per heavy atom. The summed E-state index contributed by atoms with van der Waals surface area (Å²) in [7, 11) is 0. The van der Waals surface area contributed by atoms with E-state index >= 15 is 0 Å². The predicted molar refractivity (Wildman–Crippen MR) is 39.7 cm³/mol. The van der Waals surface area contributed by atoms with E-state index in [-0.39, 0.29) is 20.4 Å². The van der Waals surface area contributed by atoms with Crippen molar-refractivity contribution in [2.24, 2.45) is 0 Å². The molecule has 1 N–H and O–H groups in total. The molecule has 50 valence electrons. The van der Waals surface area contributed by atoms with Crippen molar-refractivity contribution in [1.82, 2.24) is 0 Å². The molecular weight excluding hydrogens is 124 g/mol. The topological polar surface area (TPSA) is 20.2 Å². The third-order valence-electron chi connectivity index (χ3n) is 2.26. The molecule has 0 spiro atoms. The van der Waals surface area contributed by atoms with Crippen LogP contribution in [0.25, 0.3) is 0 Å². The minimum absolute atomic E-state index is 0.0685. The summed E-state index contributed by atoms with van der Waals surface area (Å²) in [6.07, 6.45) is 7.14. The van der Waals surface area contributed by atoms with E-state index in [0.717, 1.165) is 4.05 Å². The van der Waals surface area contributed by atoms with Gasteiger partial charge < -0.3 is 5.11 Å². The van der Waals surface area contributed by atoms with Crippen molar-refractivity contribution < 1.29 is 5.11 Å². The maximum absolute atomic E-state index is 8.68. The Bertz CT molecular complexity index is 66.6. The van der Waals surface area contributed by atoms with Gasteiger partial charge in [-0.2, -0.15) is 0 Å². The molecule has 1 aliphatic carbocycles. The van der Waals surface area contributed by atoms with E-state index in [0.29, 0.717) is 4.74 Å². The lowest BCUT2D eigenvalue weighted by Gasteiger charge is -2.19.